The number of amides is 2. The third-order valence-corrected chi connectivity index (χ3v) is 5.15. The Bertz CT molecular complexity index is 468. The third kappa shape index (κ3) is 11.7. The molecule has 0 aromatic heterocycles. The highest BCUT2D eigenvalue weighted by molar-refractivity contribution is 5.89. The van der Waals surface area contributed by atoms with Crippen LogP contribution < -0.4 is 5.32 Å². The quantitative estimate of drug-likeness (QED) is 0.316. The van der Waals surface area contributed by atoms with Gasteiger partial charge in [-0.15, -0.1) is 0 Å². The maximum absolute atomic E-state index is 12.7. The number of hydrogen-bond acceptors (Lipinski definition) is 1. The number of benzene rings is 1. The Labute approximate surface area is 167 Å². The topological polar surface area (TPSA) is 32.3 Å². The van der Waals surface area contributed by atoms with Crippen molar-refractivity contribution in [2.45, 2.75) is 97.8 Å². The van der Waals surface area contributed by atoms with Crippen LogP contribution in [-0.2, 0) is 0 Å². The van der Waals surface area contributed by atoms with E-state index in [1.807, 2.05) is 29.2 Å². The number of carbonyl (C=O) groups is 1. The van der Waals surface area contributed by atoms with E-state index in [2.05, 4.69) is 26.1 Å². The number of unbranched alkanes of at least 4 members (excludes halogenated alkanes) is 10. The van der Waals surface area contributed by atoms with E-state index in [0.717, 1.165) is 31.6 Å². The molecule has 1 rings (SSSR count). The number of aryl methyl sites for hydroxylation is 1. The molecular formula is C24H42N2O. The SMILES string of the molecule is CCCCCCCCN(CCCCCCCC)C(=O)Nc1ccc(C)cc1. The number of carbonyl (C=O) groups excluding carboxylic acids is 1. The van der Waals surface area contributed by atoms with Crippen LogP contribution in [0.2, 0.25) is 0 Å². The van der Waals surface area contributed by atoms with Gasteiger partial charge in [0.2, 0.25) is 0 Å². The Hall–Kier alpha value is -1.51. The van der Waals surface area contributed by atoms with Gasteiger partial charge in [0.25, 0.3) is 0 Å². The van der Waals surface area contributed by atoms with Crippen molar-refractivity contribution in [1.29, 1.82) is 0 Å². The summed E-state index contributed by atoms with van der Waals surface area (Å²) in [6.45, 7) is 8.31. The van der Waals surface area contributed by atoms with Gasteiger partial charge < -0.3 is 10.2 Å². The Balaban J connectivity index is 2.41. The molecule has 0 saturated heterocycles. The number of rotatable bonds is 15. The minimum absolute atomic E-state index is 0.0565. The molecule has 0 fully saturated rings. The standard InChI is InChI=1S/C24H42N2O/c1-4-6-8-10-12-14-20-26(21-15-13-11-9-7-5-2)24(27)25-23-18-16-22(3)17-19-23/h16-19H,4-15,20-21H2,1-3H3,(H,25,27). The van der Waals surface area contributed by atoms with Crippen molar-refractivity contribution in [2.24, 2.45) is 0 Å². The molecule has 0 saturated carbocycles. The van der Waals surface area contributed by atoms with Crippen LogP contribution in [0.25, 0.3) is 0 Å². The summed E-state index contributed by atoms with van der Waals surface area (Å²) < 4.78 is 0. The van der Waals surface area contributed by atoms with Crippen LogP contribution in [0.4, 0.5) is 10.5 Å². The molecule has 0 heterocycles. The third-order valence-electron chi connectivity index (χ3n) is 5.15. The molecule has 0 aliphatic rings. The zero-order chi connectivity index (χ0) is 19.7. The van der Waals surface area contributed by atoms with Crippen LogP contribution >= 0.6 is 0 Å². The van der Waals surface area contributed by atoms with Crippen molar-refractivity contribution in [1.82, 2.24) is 4.90 Å². The van der Waals surface area contributed by atoms with Crippen molar-refractivity contribution in [3.8, 4) is 0 Å². The molecular weight excluding hydrogens is 332 g/mol. The van der Waals surface area contributed by atoms with E-state index in [1.54, 1.807) is 0 Å². The van der Waals surface area contributed by atoms with Crippen LogP contribution in [0.15, 0.2) is 24.3 Å². The zero-order valence-corrected chi connectivity index (χ0v) is 18.1. The lowest BCUT2D eigenvalue weighted by molar-refractivity contribution is 0.209. The summed E-state index contributed by atoms with van der Waals surface area (Å²) in [7, 11) is 0. The molecule has 0 unspecified atom stereocenters. The predicted octanol–water partition coefficient (Wildman–Crippen LogP) is 7.55. The van der Waals surface area contributed by atoms with Gasteiger partial charge in [0.05, 0.1) is 0 Å². The zero-order valence-electron chi connectivity index (χ0n) is 18.1. The van der Waals surface area contributed by atoms with E-state index in [0.29, 0.717) is 0 Å². The van der Waals surface area contributed by atoms with E-state index in [4.69, 9.17) is 0 Å². The van der Waals surface area contributed by atoms with Gasteiger partial charge >= 0.3 is 6.03 Å². The van der Waals surface area contributed by atoms with E-state index in [-0.39, 0.29) is 6.03 Å². The number of urea groups is 1. The summed E-state index contributed by atoms with van der Waals surface area (Å²) in [6, 6.07) is 8.12. The fourth-order valence-corrected chi connectivity index (χ4v) is 3.32. The molecule has 0 atom stereocenters. The van der Waals surface area contributed by atoms with E-state index in [9.17, 15) is 4.79 Å². The minimum Gasteiger partial charge on any atom is -0.325 e. The Morgan fingerprint density at radius 2 is 1.19 bits per heavy atom. The molecule has 3 nitrogen and oxygen atoms in total. The van der Waals surface area contributed by atoms with Crippen LogP contribution in [0.5, 0.6) is 0 Å². The van der Waals surface area contributed by atoms with Crippen molar-refractivity contribution in [3.63, 3.8) is 0 Å². The lowest BCUT2D eigenvalue weighted by Gasteiger charge is -2.23. The second kappa shape index (κ2) is 15.5. The normalized spacial score (nSPS) is 10.8. The van der Waals surface area contributed by atoms with Gasteiger partial charge in [0.15, 0.2) is 0 Å². The first-order valence-corrected chi connectivity index (χ1v) is 11.3. The van der Waals surface area contributed by atoms with Gasteiger partial charge in [0.1, 0.15) is 0 Å². The van der Waals surface area contributed by atoms with Gasteiger partial charge in [-0.1, -0.05) is 95.8 Å². The monoisotopic (exact) mass is 374 g/mol. The van der Waals surface area contributed by atoms with Crippen LogP contribution in [0, 0.1) is 6.92 Å². The lowest BCUT2D eigenvalue weighted by Crippen LogP contribution is -2.36. The summed E-state index contributed by atoms with van der Waals surface area (Å²) in [6.07, 6.45) is 15.1. The lowest BCUT2D eigenvalue weighted by atomic mass is 10.1. The molecule has 2 amide bonds. The molecule has 27 heavy (non-hydrogen) atoms. The molecule has 154 valence electrons. The van der Waals surface area contributed by atoms with E-state index >= 15 is 0 Å². The van der Waals surface area contributed by atoms with Crippen molar-refractivity contribution >= 4 is 11.7 Å². The second-order valence-corrected chi connectivity index (χ2v) is 7.82. The maximum atomic E-state index is 12.7. The van der Waals surface area contributed by atoms with Gasteiger partial charge in [-0.25, -0.2) is 4.79 Å². The first kappa shape index (κ1) is 23.5. The van der Waals surface area contributed by atoms with E-state index < -0.39 is 0 Å². The molecule has 0 bridgehead atoms. The van der Waals surface area contributed by atoms with Crippen LogP contribution in [0.1, 0.15) is 96.5 Å². The first-order chi connectivity index (χ1) is 13.2. The fraction of sp³-hybridized carbons (Fsp3) is 0.708. The minimum atomic E-state index is 0.0565. The number of anilines is 1. The summed E-state index contributed by atoms with van der Waals surface area (Å²) in [5, 5.41) is 3.08. The highest BCUT2D eigenvalue weighted by Gasteiger charge is 2.13. The van der Waals surface area contributed by atoms with Crippen LogP contribution in [-0.4, -0.2) is 24.0 Å². The van der Waals surface area contributed by atoms with Crippen LogP contribution in [0.3, 0.4) is 0 Å². The Morgan fingerprint density at radius 3 is 1.67 bits per heavy atom. The summed E-state index contributed by atoms with van der Waals surface area (Å²) in [5.74, 6) is 0. The molecule has 1 aromatic carbocycles. The van der Waals surface area contributed by atoms with Crippen molar-refractivity contribution in [3.05, 3.63) is 29.8 Å². The Kier molecular flexibility index (Phi) is 13.5. The highest BCUT2D eigenvalue weighted by atomic mass is 16.2. The molecule has 0 radical (unpaired) electrons. The summed E-state index contributed by atoms with van der Waals surface area (Å²) in [4.78, 5) is 14.8. The van der Waals surface area contributed by atoms with Crippen molar-refractivity contribution < 1.29 is 4.79 Å². The molecule has 3 heteroatoms. The van der Waals surface area contributed by atoms with Gasteiger partial charge in [0, 0.05) is 18.8 Å². The number of nitrogens with one attached hydrogen (secondary N) is 1. The van der Waals surface area contributed by atoms with Gasteiger partial charge in [-0.05, 0) is 31.9 Å². The smallest absolute Gasteiger partial charge is 0.321 e. The predicted molar refractivity (Wildman–Crippen MR) is 119 cm³/mol. The molecule has 0 aliphatic carbocycles. The summed E-state index contributed by atoms with van der Waals surface area (Å²) >= 11 is 0. The van der Waals surface area contributed by atoms with Gasteiger partial charge in [-0.2, -0.15) is 0 Å². The van der Waals surface area contributed by atoms with Crippen molar-refractivity contribution in [2.75, 3.05) is 18.4 Å². The molecule has 1 aromatic rings. The largest absolute Gasteiger partial charge is 0.325 e. The summed E-state index contributed by atoms with van der Waals surface area (Å²) in [5.41, 5.74) is 2.10. The Morgan fingerprint density at radius 1 is 0.741 bits per heavy atom. The molecule has 1 N–H and O–H groups in total. The van der Waals surface area contributed by atoms with E-state index in [1.165, 1.54) is 69.8 Å². The average molecular weight is 375 g/mol. The second-order valence-electron chi connectivity index (χ2n) is 7.82. The fourth-order valence-electron chi connectivity index (χ4n) is 3.32. The first-order valence-electron chi connectivity index (χ1n) is 11.3. The maximum Gasteiger partial charge on any atom is 0.321 e. The number of hydrogen-bond donors (Lipinski definition) is 1. The highest BCUT2D eigenvalue weighted by Crippen LogP contribution is 2.13. The molecule has 0 spiro atoms. The van der Waals surface area contributed by atoms with Gasteiger partial charge in [-0.3, -0.25) is 0 Å². The number of nitrogens with zero attached hydrogens (tertiary/aromatic N) is 1. The average Bonchev–Trinajstić information content (AvgIpc) is 2.67. The molecule has 0 aliphatic heterocycles.